The first-order chi connectivity index (χ1) is 10.3. The maximum absolute atomic E-state index is 6.21. The fraction of sp³-hybridized carbons (Fsp3) is 0.333. The van der Waals surface area contributed by atoms with Crippen LogP contribution in [0.4, 0.5) is 0 Å². The van der Waals surface area contributed by atoms with E-state index >= 15 is 0 Å². The summed E-state index contributed by atoms with van der Waals surface area (Å²) in [5, 5.41) is 4.33. The third kappa shape index (κ3) is 3.58. The van der Waals surface area contributed by atoms with Gasteiger partial charge in [0.1, 0.15) is 5.75 Å². The first-order valence-corrected chi connectivity index (χ1v) is 7.89. The summed E-state index contributed by atoms with van der Waals surface area (Å²) in [7, 11) is 0. The highest BCUT2D eigenvalue weighted by molar-refractivity contribution is 6.30. The van der Waals surface area contributed by atoms with Crippen LogP contribution >= 0.6 is 11.6 Å². The van der Waals surface area contributed by atoms with Gasteiger partial charge in [0.15, 0.2) is 0 Å². The van der Waals surface area contributed by atoms with Crippen LogP contribution in [0.2, 0.25) is 5.02 Å². The molecule has 0 bridgehead atoms. The van der Waals surface area contributed by atoms with Crippen LogP contribution in [-0.4, -0.2) is 12.6 Å². The van der Waals surface area contributed by atoms with Gasteiger partial charge in [0, 0.05) is 23.2 Å². The Kier molecular flexibility index (Phi) is 4.47. The summed E-state index contributed by atoms with van der Waals surface area (Å²) in [6, 6.07) is 14.9. The molecule has 0 atom stereocenters. The van der Waals surface area contributed by atoms with Crippen LogP contribution in [0.25, 0.3) is 11.1 Å². The highest BCUT2D eigenvalue weighted by Gasteiger charge is 2.21. The van der Waals surface area contributed by atoms with Gasteiger partial charge in [-0.05, 0) is 49.1 Å². The van der Waals surface area contributed by atoms with E-state index in [1.54, 1.807) is 0 Å². The molecule has 0 aliphatic heterocycles. The molecule has 0 radical (unpaired) electrons. The number of hydrogen-bond donors (Lipinski definition) is 1. The lowest BCUT2D eigenvalue weighted by Crippen LogP contribution is -2.15. The highest BCUT2D eigenvalue weighted by Crippen LogP contribution is 2.34. The van der Waals surface area contributed by atoms with E-state index in [0.29, 0.717) is 12.6 Å². The second kappa shape index (κ2) is 6.50. The number of nitrogens with one attached hydrogen (secondary N) is 1. The molecule has 3 rings (SSSR count). The quantitative estimate of drug-likeness (QED) is 0.838. The van der Waals surface area contributed by atoms with Crippen LogP contribution in [0.3, 0.4) is 0 Å². The maximum atomic E-state index is 6.21. The zero-order chi connectivity index (χ0) is 14.7. The molecule has 2 nitrogen and oxygen atoms in total. The monoisotopic (exact) mass is 301 g/mol. The average molecular weight is 302 g/mol. The first-order valence-electron chi connectivity index (χ1n) is 7.52. The van der Waals surface area contributed by atoms with Gasteiger partial charge in [-0.2, -0.15) is 0 Å². The van der Waals surface area contributed by atoms with E-state index in [4.69, 9.17) is 16.3 Å². The SMILES string of the molecule is CCOc1ccccc1-c1cc(Cl)ccc1CNC1CC1. The average Bonchev–Trinajstić information content (AvgIpc) is 3.31. The van der Waals surface area contributed by atoms with Gasteiger partial charge in [0.2, 0.25) is 0 Å². The predicted octanol–water partition coefficient (Wildman–Crippen LogP) is 4.66. The number of halogens is 1. The van der Waals surface area contributed by atoms with Crippen molar-refractivity contribution < 1.29 is 4.74 Å². The van der Waals surface area contributed by atoms with Crippen LogP contribution in [0.1, 0.15) is 25.3 Å². The van der Waals surface area contributed by atoms with Crippen LogP contribution in [0.5, 0.6) is 5.75 Å². The number of para-hydroxylation sites is 1. The summed E-state index contributed by atoms with van der Waals surface area (Å²) in [6.07, 6.45) is 2.58. The van der Waals surface area contributed by atoms with Crippen molar-refractivity contribution in [1.29, 1.82) is 0 Å². The van der Waals surface area contributed by atoms with Gasteiger partial charge in [0.25, 0.3) is 0 Å². The fourth-order valence-electron chi connectivity index (χ4n) is 2.47. The molecule has 1 N–H and O–H groups in total. The summed E-state index contributed by atoms with van der Waals surface area (Å²) in [6.45, 7) is 3.54. The molecule has 0 spiro atoms. The molecule has 1 saturated carbocycles. The van der Waals surface area contributed by atoms with Crippen molar-refractivity contribution >= 4 is 11.6 Å². The van der Waals surface area contributed by atoms with E-state index in [2.05, 4.69) is 17.4 Å². The molecule has 1 aliphatic carbocycles. The molecule has 1 aliphatic rings. The smallest absolute Gasteiger partial charge is 0.127 e. The molecule has 0 amide bonds. The summed E-state index contributed by atoms with van der Waals surface area (Å²) in [4.78, 5) is 0. The van der Waals surface area contributed by atoms with Crippen molar-refractivity contribution in [3.8, 4) is 16.9 Å². The van der Waals surface area contributed by atoms with E-state index < -0.39 is 0 Å². The van der Waals surface area contributed by atoms with E-state index in [0.717, 1.165) is 28.4 Å². The van der Waals surface area contributed by atoms with Crippen molar-refractivity contribution in [3.05, 3.63) is 53.1 Å². The Morgan fingerprint density at radius 1 is 1.14 bits per heavy atom. The molecule has 3 heteroatoms. The molecule has 21 heavy (non-hydrogen) atoms. The van der Waals surface area contributed by atoms with Gasteiger partial charge in [-0.25, -0.2) is 0 Å². The molecular formula is C18H20ClNO. The van der Waals surface area contributed by atoms with Gasteiger partial charge < -0.3 is 10.1 Å². The van der Waals surface area contributed by atoms with E-state index in [1.165, 1.54) is 18.4 Å². The largest absolute Gasteiger partial charge is 0.493 e. The minimum Gasteiger partial charge on any atom is -0.493 e. The fourth-order valence-corrected chi connectivity index (χ4v) is 2.64. The van der Waals surface area contributed by atoms with Crippen LogP contribution in [0.15, 0.2) is 42.5 Å². The number of hydrogen-bond acceptors (Lipinski definition) is 2. The predicted molar refractivity (Wildman–Crippen MR) is 87.9 cm³/mol. The minimum absolute atomic E-state index is 0.660. The van der Waals surface area contributed by atoms with Crippen LogP contribution in [-0.2, 0) is 6.54 Å². The van der Waals surface area contributed by atoms with Crippen molar-refractivity contribution in [2.24, 2.45) is 0 Å². The Labute approximate surface area is 131 Å². The minimum atomic E-state index is 0.660. The molecule has 0 unspecified atom stereocenters. The highest BCUT2D eigenvalue weighted by atomic mass is 35.5. The number of rotatable bonds is 6. The summed E-state index contributed by atoms with van der Waals surface area (Å²) >= 11 is 6.21. The van der Waals surface area contributed by atoms with Crippen molar-refractivity contribution in [1.82, 2.24) is 5.32 Å². The molecule has 0 saturated heterocycles. The molecule has 0 heterocycles. The van der Waals surface area contributed by atoms with Gasteiger partial charge in [-0.3, -0.25) is 0 Å². The van der Waals surface area contributed by atoms with E-state index in [-0.39, 0.29) is 0 Å². The van der Waals surface area contributed by atoms with Crippen molar-refractivity contribution in [2.75, 3.05) is 6.61 Å². The maximum Gasteiger partial charge on any atom is 0.127 e. The summed E-state index contributed by atoms with van der Waals surface area (Å²) in [5.41, 5.74) is 3.52. The normalized spacial score (nSPS) is 14.2. The molecule has 1 fully saturated rings. The second-order valence-electron chi connectivity index (χ2n) is 5.39. The Bertz CT molecular complexity index is 622. The van der Waals surface area contributed by atoms with Crippen molar-refractivity contribution in [3.63, 3.8) is 0 Å². The Morgan fingerprint density at radius 3 is 2.71 bits per heavy atom. The number of benzene rings is 2. The molecule has 0 aromatic heterocycles. The molecule has 2 aromatic rings. The van der Waals surface area contributed by atoms with Gasteiger partial charge in [-0.1, -0.05) is 35.9 Å². The third-order valence-electron chi connectivity index (χ3n) is 3.71. The molecular weight excluding hydrogens is 282 g/mol. The van der Waals surface area contributed by atoms with E-state index in [9.17, 15) is 0 Å². The molecule has 110 valence electrons. The van der Waals surface area contributed by atoms with Gasteiger partial charge in [0.05, 0.1) is 6.61 Å². The Balaban J connectivity index is 1.97. The van der Waals surface area contributed by atoms with Crippen LogP contribution < -0.4 is 10.1 Å². The van der Waals surface area contributed by atoms with E-state index in [1.807, 2.05) is 37.3 Å². The van der Waals surface area contributed by atoms with Gasteiger partial charge in [-0.15, -0.1) is 0 Å². The number of ether oxygens (including phenoxy) is 1. The zero-order valence-corrected chi connectivity index (χ0v) is 13.0. The molecule has 2 aromatic carbocycles. The zero-order valence-electron chi connectivity index (χ0n) is 12.2. The second-order valence-corrected chi connectivity index (χ2v) is 5.82. The lowest BCUT2D eigenvalue weighted by atomic mass is 9.98. The summed E-state index contributed by atoms with van der Waals surface area (Å²) < 4.78 is 5.76. The summed E-state index contributed by atoms with van der Waals surface area (Å²) in [5.74, 6) is 0.912. The topological polar surface area (TPSA) is 21.3 Å². The van der Waals surface area contributed by atoms with Crippen molar-refractivity contribution in [2.45, 2.75) is 32.4 Å². The third-order valence-corrected chi connectivity index (χ3v) is 3.94. The van der Waals surface area contributed by atoms with Crippen LogP contribution in [0, 0.1) is 0 Å². The standard InChI is InChI=1S/C18H20ClNO/c1-2-21-18-6-4-3-5-16(18)17-11-14(19)8-7-13(17)12-20-15-9-10-15/h3-8,11,15,20H,2,9-10,12H2,1H3. The lowest BCUT2D eigenvalue weighted by molar-refractivity contribution is 0.341. The Morgan fingerprint density at radius 2 is 1.95 bits per heavy atom. The van der Waals surface area contributed by atoms with Gasteiger partial charge >= 0.3 is 0 Å². The first kappa shape index (κ1) is 14.4. The Hall–Kier alpha value is -1.51. The lowest BCUT2D eigenvalue weighted by Gasteiger charge is -2.15.